The summed E-state index contributed by atoms with van der Waals surface area (Å²) in [4.78, 5) is 42.2. The summed E-state index contributed by atoms with van der Waals surface area (Å²) in [6, 6.07) is 6.15. The standard InChI is InChI=1S/C25H25N3O6/c1-4-13-14-7-12(34-24(31)20(26)11(2)3)5-6-18(14)27-21-16(13)9-28-19(21)8-15-17(23(28)30)10-33-25(32)22(15)29/h5-8,11,20,22,29H,4,9-10,26H2,1-3H3/t20?,22-/m0/s1. The van der Waals surface area contributed by atoms with Gasteiger partial charge in [0.25, 0.3) is 5.56 Å². The van der Waals surface area contributed by atoms with Crippen LogP contribution in [0.2, 0.25) is 0 Å². The molecule has 2 atom stereocenters. The Morgan fingerprint density at radius 1 is 1.29 bits per heavy atom. The van der Waals surface area contributed by atoms with Crippen LogP contribution in [0.25, 0.3) is 22.3 Å². The molecule has 2 aromatic heterocycles. The Bertz CT molecular complexity index is 1420. The van der Waals surface area contributed by atoms with Gasteiger partial charge in [-0.05, 0) is 42.2 Å². The zero-order valence-electron chi connectivity index (χ0n) is 19.1. The predicted molar refractivity (Wildman–Crippen MR) is 123 cm³/mol. The quantitative estimate of drug-likeness (QED) is 0.347. The number of nitrogens with two attached hydrogens (primary N) is 1. The normalized spacial score (nSPS) is 17.2. The van der Waals surface area contributed by atoms with E-state index < -0.39 is 24.1 Å². The van der Waals surface area contributed by atoms with Gasteiger partial charge in [0.2, 0.25) is 0 Å². The number of carbonyl (C=O) groups excluding carboxylic acids is 2. The number of pyridine rings is 2. The van der Waals surface area contributed by atoms with Gasteiger partial charge in [0.15, 0.2) is 6.10 Å². The van der Waals surface area contributed by atoms with Crippen LogP contribution in [0, 0.1) is 5.92 Å². The number of aryl methyl sites for hydroxylation is 1. The molecule has 176 valence electrons. The molecule has 1 aromatic carbocycles. The van der Waals surface area contributed by atoms with Crippen LogP contribution in [-0.4, -0.2) is 32.6 Å². The summed E-state index contributed by atoms with van der Waals surface area (Å²) >= 11 is 0. The van der Waals surface area contributed by atoms with Crippen LogP contribution < -0.4 is 16.0 Å². The minimum absolute atomic E-state index is 0.0500. The zero-order chi connectivity index (χ0) is 24.3. The number of hydrogen-bond acceptors (Lipinski definition) is 8. The van der Waals surface area contributed by atoms with Gasteiger partial charge in [0, 0.05) is 16.5 Å². The molecule has 2 aliphatic heterocycles. The SMILES string of the molecule is CCc1c2c(nc3ccc(OC(=O)C(N)C(C)C)cc13)-c1cc3c(c(=O)n1C2)COC(=O)[C@H]3O. The molecular weight excluding hydrogens is 438 g/mol. The third kappa shape index (κ3) is 3.31. The first kappa shape index (κ1) is 22.2. The van der Waals surface area contributed by atoms with Crippen molar-refractivity contribution in [3.8, 4) is 17.1 Å². The second kappa shape index (κ2) is 8.03. The topological polar surface area (TPSA) is 134 Å². The third-order valence-corrected chi connectivity index (χ3v) is 6.61. The first-order valence-electron chi connectivity index (χ1n) is 11.3. The van der Waals surface area contributed by atoms with Crippen molar-refractivity contribution in [3.63, 3.8) is 0 Å². The van der Waals surface area contributed by atoms with Crippen molar-refractivity contribution >= 4 is 22.8 Å². The Morgan fingerprint density at radius 2 is 2.06 bits per heavy atom. The fourth-order valence-electron chi connectivity index (χ4n) is 4.61. The molecule has 0 saturated heterocycles. The van der Waals surface area contributed by atoms with Crippen molar-refractivity contribution < 1.29 is 24.2 Å². The number of ether oxygens (including phenoxy) is 2. The maximum atomic E-state index is 13.2. The van der Waals surface area contributed by atoms with Gasteiger partial charge in [-0.3, -0.25) is 4.79 Å². The highest BCUT2D eigenvalue weighted by atomic mass is 16.5. The first-order valence-corrected chi connectivity index (χ1v) is 11.3. The lowest BCUT2D eigenvalue weighted by molar-refractivity contribution is -0.157. The molecule has 0 aliphatic carbocycles. The van der Waals surface area contributed by atoms with E-state index in [1.807, 2.05) is 20.8 Å². The number of benzene rings is 1. The number of cyclic esters (lactones) is 1. The molecule has 0 saturated carbocycles. The molecular formula is C25H25N3O6. The molecule has 0 fully saturated rings. The number of nitrogens with zero attached hydrogens (tertiary/aromatic N) is 2. The van der Waals surface area contributed by atoms with Crippen molar-refractivity contribution in [2.24, 2.45) is 11.7 Å². The van der Waals surface area contributed by atoms with E-state index in [0.29, 0.717) is 35.6 Å². The van der Waals surface area contributed by atoms with E-state index >= 15 is 0 Å². The van der Waals surface area contributed by atoms with E-state index in [9.17, 15) is 19.5 Å². The summed E-state index contributed by atoms with van der Waals surface area (Å²) in [5, 5.41) is 11.1. The summed E-state index contributed by atoms with van der Waals surface area (Å²) in [7, 11) is 0. The highest BCUT2D eigenvalue weighted by Gasteiger charge is 2.34. The first-order chi connectivity index (χ1) is 16.2. The number of fused-ring (bicyclic) bond motifs is 5. The van der Waals surface area contributed by atoms with Gasteiger partial charge in [-0.2, -0.15) is 0 Å². The van der Waals surface area contributed by atoms with E-state index in [4.69, 9.17) is 20.2 Å². The lowest BCUT2D eigenvalue weighted by Gasteiger charge is -2.21. The maximum absolute atomic E-state index is 13.2. The monoisotopic (exact) mass is 463 g/mol. The zero-order valence-corrected chi connectivity index (χ0v) is 19.1. The third-order valence-electron chi connectivity index (χ3n) is 6.61. The van der Waals surface area contributed by atoms with Crippen molar-refractivity contribution in [2.75, 3.05) is 0 Å². The average Bonchev–Trinajstić information content (AvgIpc) is 3.18. The fraction of sp³-hybridized carbons (Fsp3) is 0.360. The average molecular weight is 463 g/mol. The van der Waals surface area contributed by atoms with Gasteiger partial charge in [0.1, 0.15) is 18.4 Å². The van der Waals surface area contributed by atoms with Crippen LogP contribution in [0.3, 0.4) is 0 Å². The summed E-state index contributed by atoms with van der Waals surface area (Å²) < 4.78 is 12.1. The molecule has 4 heterocycles. The molecule has 1 unspecified atom stereocenters. The van der Waals surface area contributed by atoms with Crippen LogP contribution in [0.5, 0.6) is 5.75 Å². The van der Waals surface area contributed by atoms with Gasteiger partial charge in [-0.25, -0.2) is 14.6 Å². The van der Waals surface area contributed by atoms with E-state index in [1.54, 1.807) is 28.8 Å². The van der Waals surface area contributed by atoms with Crippen LogP contribution >= 0.6 is 0 Å². The molecule has 0 amide bonds. The smallest absolute Gasteiger partial charge is 0.340 e. The second-order valence-electron chi connectivity index (χ2n) is 9.01. The van der Waals surface area contributed by atoms with Crippen LogP contribution in [0.15, 0.2) is 29.1 Å². The Kier molecular flexibility index (Phi) is 5.26. The number of aromatic nitrogens is 2. The number of rotatable bonds is 4. The van der Waals surface area contributed by atoms with Crippen LogP contribution in [0.4, 0.5) is 0 Å². The van der Waals surface area contributed by atoms with Crippen LogP contribution in [0.1, 0.15) is 49.1 Å². The highest BCUT2D eigenvalue weighted by molar-refractivity contribution is 5.90. The van der Waals surface area contributed by atoms with Gasteiger partial charge < -0.3 is 24.9 Å². The van der Waals surface area contributed by atoms with Gasteiger partial charge >= 0.3 is 11.9 Å². The lowest BCUT2D eigenvalue weighted by atomic mass is 9.97. The number of carbonyl (C=O) groups is 2. The summed E-state index contributed by atoms with van der Waals surface area (Å²) in [6.45, 7) is 5.87. The minimum Gasteiger partial charge on any atom is -0.458 e. The largest absolute Gasteiger partial charge is 0.458 e. The van der Waals surface area contributed by atoms with Crippen molar-refractivity contribution in [3.05, 3.63) is 56.9 Å². The van der Waals surface area contributed by atoms with Crippen LogP contribution in [-0.2, 0) is 33.9 Å². The summed E-state index contributed by atoms with van der Waals surface area (Å²) in [6.07, 6.45) is -0.830. The molecule has 0 radical (unpaired) electrons. The number of hydrogen-bond donors (Lipinski definition) is 2. The van der Waals surface area contributed by atoms with Gasteiger partial charge in [-0.1, -0.05) is 20.8 Å². The maximum Gasteiger partial charge on any atom is 0.340 e. The summed E-state index contributed by atoms with van der Waals surface area (Å²) in [5.41, 5.74) is 9.91. The molecule has 9 heteroatoms. The Balaban J connectivity index is 1.63. The Labute approximate surface area is 195 Å². The van der Waals surface area contributed by atoms with E-state index in [0.717, 1.165) is 16.5 Å². The van der Waals surface area contributed by atoms with Crippen molar-refractivity contribution in [1.29, 1.82) is 0 Å². The van der Waals surface area contributed by atoms with Gasteiger partial charge in [0.05, 0.1) is 29.0 Å². The number of aliphatic hydroxyl groups is 1. The van der Waals surface area contributed by atoms with Gasteiger partial charge in [-0.15, -0.1) is 0 Å². The van der Waals surface area contributed by atoms with Crippen molar-refractivity contribution in [2.45, 2.75) is 52.5 Å². The van der Waals surface area contributed by atoms with E-state index in [-0.39, 0.29) is 29.2 Å². The molecule has 2 aliphatic rings. The second-order valence-corrected chi connectivity index (χ2v) is 9.01. The number of esters is 2. The number of aliphatic hydroxyl groups excluding tert-OH is 1. The molecule has 0 spiro atoms. The Morgan fingerprint density at radius 3 is 2.76 bits per heavy atom. The molecule has 9 nitrogen and oxygen atoms in total. The van der Waals surface area contributed by atoms with E-state index in [1.165, 1.54) is 0 Å². The fourth-order valence-corrected chi connectivity index (χ4v) is 4.61. The molecule has 3 aromatic rings. The van der Waals surface area contributed by atoms with Crippen molar-refractivity contribution in [1.82, 2.24) is 9.55 Å². The molecule has 0 bridgehead atoms. The summed E-state index contributed by atoms with van der Waals surface area (Å²) in [5.74, 6) is -0.936. The predicted octanol–water partition coefficient (Wildman–Crippen LogP) is 1.97. The van der Waals surface area contributed by atoms with E-state index in [2.05, 4.69) is 0 Å². The highest BCUT2D eigenvalue weighted by Crippen LogP contribution is 2.38. The molecule has 34 heavy (non-hydrogen) atoms. The molecule has 3 N–H and O–H groups in total. The lowest BCUT2D eigenvalue weighted by Crippen LogP contribution is -2.38. The minimum atomic E-state index is -1.49. The Hall–Kier alpha value is -3.56. The molecule has 5 rings (SSSR count).